The highest BCUT2D eigenvalue weighted by molar-refractivity contribution is 5.94. The van der Waals surface area contributed by atoms with Crippen molar-refractivity contribution < 1.29 is 22.8 Å². The summed E-state index contributed by atoms with van der Waals surface area (Å²) in [5, 5.41) is 3.24. The first-order valence-corrected chi connectivity index (χ1v) is 12.3. The minimum absolute atomic E-state index is 0.0735. The lowest BCUT2D eigenvalue weighted by Gasteiger charge is -2.32. The standard InChI is InChI=1S/C25H34F3N3O2/c26-25(27,28)20-9-7-19(8-10-20)24(33)30-14-11-18(12-15-30)23(32)29-21-13-16-31(17-21)22-5-3-1-2-4-6-22/h7-10,18,21-22H,1-6,11-17H2,(H,29,32). The molecule has 3 fully saturated rings. The van der Waals surface area contributed by atoms with Crippen LogP contribution in [0.3, 0.4) is 0 Å². The van der Waals surface area contributed by atoms with E-state index in [1.165, 1.54) is 50.7 Å². The number of nitrogens with zero attached hydrogens (tertiary/aromatic N) is 2. The fraction of sp³-hybridized carbons (Fsp3) is 0.680. The molecule has 3 aliphatic rings. The van der Waals surface area contributed by atoms with Gasteiger partial charge >= 0.3 is 6.18 Å². The molecule has 2 aliphatic heterocycles. The molecule has 2 saturated heterocycles. The highest BCUT2D eigenvalue weighted by Crippen LogP contribution is 2.30. The average Bonchev–Trinajstić information content (AvgIpc) is 3.10. The van der Waals surface area contributed by atoms with E-state index in [2.05, 4.69) is 10.2 Å². The Kier molecular flexibility index (Phi) is 7.62. The van der Waals surface area contributed by atoms with Crippen molar-refractivity contribution in [1.82, 2.24) is 15.1 Å². The summed E-state index contributed by atoms with van der Waals surface area (Å²) in [5.41, 5.74) is -0.519. The fourth-order valence-electron chi connectivity index (χ4n) is 5.51. The van der Waals surface area contributed by atoms with Crippen LogP contribution < -0.4 is 5.32 Å². The summed E-state index contributed by atoms with van der Waals surface area (Å²) in [6.07, 6.45) is 5.57. The maximum Gasteiger partial charge on any atom is 0.416 e. The van der Waals surface area contributed by atoms with Crippen molar-refractivity contribution in [2.45, 2.75) is 76.0 Å². The molecule has 1 saturated carbocycles. The Morgan fingerprint density at radius 3 is 2.09 bits per heavy atom. The van der Waals surface area contributed by atoms with Gasteiger partial charge in [0.05, 0.1) is 5.56 Å². The zero-order valence-electron chi connectivity index (χ0n) is 19.1. The van der Waals surface area contributed by atoms with Crippen molar-refractivity contribution in [2.24, 2.45) is 5.92 Å². The molecule has 4 rings (SSSR count). The second kappa shape index (κ2) is 10.5. The molecule has 1 unspecified atom stereocenters. The second-order valence-corrected chi connectivity index (χ2v) is 9.78. The number of nitrogens with one attached hydrogen (secondary N) is 1. The zero-order valence-corrected chi connectivity index (χ0v) is 19.1. The van der Waals surface area contributed by atoms with Gasteiger partial charge in [-0.15, -0.1) is 0 Å². The molecule has 1 N–H and O–H groups in total. The van der Waals surface area contributed by atoms with Crippen LogP contribution in [0.2, 0.25) is 0 Å². The second-order valence-electron chi connectivity index (χ2n) is 9.78. The van der Waals surface area contributed by atoms with Crippen molar-refractivity contribution in [2.75, 3.05) is 26.2 Å². The molecule has 0 aromatic heterocycles. The molecule has 182 valence electrons. The number of likely N-dealkylation sites (tertiary alicyclic amines) is 2. The molecular formula is C25H34F3N3O2. The maximum atomic E-state index is 12.8. The number of hydrogen-bond donors (Lipinski definition) is 1. The van der Waals surface area contributed by atoms with Gasteiger partial charge in [0.15, 0.2) is 0 Å². The molecule has 2 amide bonds. The predicted octanol–water partition coefficient (Wildman–Crippen LogP) is 4.47. The van der Waals surface area contributed by atoms with E-state index in [9.17, 15) is 22.8 Å². The van der Waals surface area contributed by atoms with Gasteiger partial charge < -0.3 is 10.2 Å². The minimum atomic E-state index is -4.42. The first-order valence-electron chi connectivity index (χ1n) is 12.3. The number of halogens is 3. The summed E-state index contributed by atoms with van der Waals surface area (Å²) in [6.45, 7) is 2.87. The Bertz CT molecular complexity index is 811. The highest BCUT2D eigenvalue weighted by Gasteiger charge is 2.33. The van der Waals surface area contributed by atoms with E-state index in [1.807, 2.05) is 0 Å². The summed E-state index contributed by atoms with van der Waals surface area (Å²) in [4.78, 5) is 29.7. The van der Waals surface area contributed by atoms with E-state index in [4.69, 9.17) is 0 Å². The lowest BCUT2D eigenvalue weighted by atomic mass is 9.95. The van der Waals surface area contributed by atoms with Gasteiger partial charge in [-0.3, -0.25) is 14.5 Å². The van der Waals surface area contributed by atoms with E-state index in [1.54, 1.807) is 4.90 Å². The van der Waals surface area contributed by atoms with E-state index < -0.39 is 11.7 Å². The van der Waals surface area contributed by atoms with Gasteiger partial charge in [0.25, 0.3) is 5.91 Å². The number of carbonyl (C=O) groups excluding carboxylic acids is 2. The van der Waals surface area contributed by atoms with Crippen LogP contribution in [-0.4, -0.2) is 59.9 Å². The Morgan fingerprint density at radius 1 is 0.848 bits per heavy atom. The van der Waals surface area contributed by atoms with Crippen LogP contribution in [0.5, 0.6) is 0 Å². The molecule has 2 heterocycles. The lowest BCUT2D eigenvalue weighted by Crippen LogP contribution is -2.46. The van der Waals surface area contributed by atoms with E-state index >= 15 is 0 Å². The molecule has 5 nitrogen and oxygen atoms in total. The number of rotatable bonds is 4. The van der Waals surface area contributed by atoms with Crippen LogP contribution in [0.1, 0.15) is 73.7 Å². The Morgan fingerprint density at radius 2 is 1.48 bits per heavy atom. The van der Waals surface area contributed by atoms with Gasteiger partial charge in [-0.05, 0) is 56.4 Å². The molecule has 33 heavy (non-hydrogen) atoms. The van der Waals surface area contributed by atoms with Crippen molar-refractivity contribution >= 4 is 11.8 Å². The Balaban J connectivity index is 1.22. The predicted molar refractivity (Wildman–Crippen MR) is 120 cm³/mol. The highest BCUT2D eigenvalue weighted by atomic mass is 19.4. The summed E-state index contributed by atoms with van der Waals surface area (Å²) < 4.78 is 38.2. The van der Waals surface area contributed by atoms with Gasteiger partial charge in [0.2, 0.25) is 5.91 Å². The van der Waals surface area contributed by atoms with Crippen LogP contribution in [0.4, 0.5) is 13.2 Å². The Hall–Kier alpha value is -2.09. The smallest absolute Gasteiger partial charge is 0.352 e. The molecule has 1 aliphatic carbocycles. The van der Waals surface area contributed by atoms with Gasteiger partial charge in [-0.25, -0.2) is 0 Å². The van der Waals surface area contributed by atoms with E-state index in [0.717, 1.165) is 31.6 Å². The number of piperidine rings is 1. The first kappa shape index (κ1) is 24.0. The number of alkyl halides is 3. The van der Waals surface area contributed by atoms with Crippen molar-refractivity contribution in [3.8, 4) is 0 Å². The minimum Gasteiger partial charge on any atom is -0.352 e. The first-order chi connectivity index (χ1) is 15.8. The number of carbonyl (C=O) groups is 2. The number of benzene rings is 1. The average molecular weight is 466 g/mol. The number of hydrogen-bond acceptors (Lipinski definition) is 3. The van der Waals surface area contributed by atoms with Crippen molar-refractivity contribution in [3.05, 3.63) is 35.4 Å². The topological polar surface area (TPSA) is 52.7 Å². The monoisotopic (exact) mass is 465 g/mol. The van der Waals surface area contributed by atoms with E-state index in [-0.39, 0.29) is 29.3 Å². The van der Waals surface area contributed by atoms with Crippen molar-refractivity contribution in [3.63, 3.8) is 0 Å². The Labute approximate surface area is 193 Å². The quantitative estimate of drug-likeness (QED) is 0.668. The molecule has 0 bridgehead atoms. The fourth-order valence-corrected chi connectivity index (χ4v) is 5.51. The van der Waals surface area contributed by atoms with Crippen LogP contribution in [-0.2, 0) is 11.0 Å². The molecule has 1 aromatic carbocycles. The van der Waals surface area contributed by atoms with E-state index in [0.29, 0.717) is 32.0 Å². The summed E-state index contributed by atoms with van der Waals surface area (Å²) in [6, 6.07) is 5.19. The van der Waals surface area contributed by atoms with Crippen molar-refractivity contribution in [1.29, 1.82) is 0 Å². The summed E-state index contributed by atoms with van der Waals surface area (Å²) in [7, 11) is 0. The summed E-state index contributed by atoms with van der Waals surface area (Å²) >= 11 is 0. The third kappa shape index (κ3) is 6.08. The zero-order chi connectivity index (χ0) is 23.4. The summed E-state index contributed by atoms with van der Waals surface area (Å²) in [5.74, 6) is -0.324. The van der Waals surface area contributed by atoms with Gasteiger partial charge in [-0.1, -0.05) is 25.7 Å². The third-order valence-electron chi connectivity index (χ3n) is 7.52. The SMILES string of the molecule is O=C(NC1CCN(C2CCCCCC2)C1)C1CCN(C(=O)c2ccc(C(F)(F)F)cc2)CC1. The molecule has 1 aromatic rings. The number of amides is 2. The molecule has 0 radical (unpaired) electrons. The molecule has 1 atom stereocenters. The van der Waals surface area contributed by atoms with Crippen LogP contribution >= 0.6 is 0 Å². The molecule has 8 heteroatoms. The molecular weight excluding hydrogens is 431 g/mol. The normalized spacial score (nSPS) is 24.0. The maximum absolute atomic E-state index is 12.8. The van der Waals surface area contributed by atoms with Crippen LogP contribution in [0.25, 0.3) is 0 Å². The van der Waals surface area contributed by atoms with Gasteiger partial charge in [0.1, 0.15) is 0 Å². The largest absolute Gasteiger partial charge is 0.416 e. The van der Waals surface area contributed by atoms with Crippen LogP contribution in [0, 0.1) is 5.92 Å². The van der Waals surface area contributed by atoms with Gasteiger partial charge in [-0.2, -0.15) is 13.2 Å². The third-order valence-corrected chi connectivity index (χ3v) is 7.52. The molecule has 0 spiro atoms. The van der Waals surface area contributed by atoms with Gasteiger partial charge in [0, 0.05) is 49.7 Å². The van der Waals surface area contributed by atoms with Crippen LogP contribution in [0.15, 0.2) is 24.3 Å². The lowest BCUT2D eigenvalue weighted by molar-refractivity contribution is -0.137.